The zero-order chi connectivity index (χ0) is 8.70. The van der Waals surface area contributed by atoms with Crippen molar-refractivity contribution < 1.29 is 14.9 Å². The molecule has 0 radical (unpaired) electrons. The zero-order valence-electron chi connectivity index (χ0n) is 7.29. The van der Waals surface area contributed by atoms with E-state index in [2.05, 4.69) is 0 Å². The normalized spacial score (nSPS) is 52.6. The van der Waals surface area contributed by atoms with Gasteiger partial charge in [0.05, 0.1) is 11.7 Å². The van der Waals surface area contributed by atoms with E-state index in [9.17, 15) is 10.2 Å². The Morgan fingerprint density at radius 3 is 2.27 bits per heavy atom. The van der Waals surface area contributed by atoms with Crippen LogP contribution < -0.4 is 0 Å². The van der Waals surface area contributed by atoms with Crippen LogP contribution in [-0.2, 0) is 4.74 Å². The molecule has 3 heteroatoms. The summed E-state index contributed by atoms with van der Waals surface area (Å²) in [7, 11) is 0. The van der Waals surface area contributed by atoms with E-state index in [4.69, 9.17) is 4.74 Å². The molecule has 2 N–H and O–H groups in total. The van der Waals surface area contributed by atoms with Crippen molar-refractivity contribution in [2.24, 2.45) is 0 Å². The van der Waals surface area contributed by atoms with Crippen molar-refractivity contribution in [2.75, 3.05) is 0 Å². The highest BCUT2D eigenvalue weighted by atomic mass is 16.6. The van der Waals surface area contributed by atoms with Crippen molar-refractivity contribution in [2.45, 2.75) is 51.1 Å². The van der Waals surface area contributed by atoms with Crippen LogP contribution in [0.25, 0.3) is 0 Å². The van der Waals surface area contributed by atoms with Crippen LogP contribution in [0.15, 0.2) is 0 Å². The van der Waals surface area contributed by atoms with Crippen molar-refractivity contribution in [3.8, 4) is 0 Å². The maximum atomic E-state index is 9.64. The van der Waals surface area contributed by atoms with Crippen LogP contribution in [0.2, 0.25) is 0 Å². The molecule has 0 saturated carbocycles. The molecule has 3 atom stereocenters. The molecule has 3 nitrogen and oxygen atoms in total. The number of hydrogen-bond donors (Lipinski definition) is 2. The zero-order valence-corrected chi connectivity index (χ0v) is 7.29. The Morgan fingerprint density at radius 1 is 1.36 bits per heavy atom. The third-order valence-corrected chi connectivity index (χ3v) is 1.89. The second-order valence-corrected chi connectivity index (χ2v) is 3.98. The molecular weight excluding hydrogens is 144 g/mol. The quantitative estimate of drug-likeness (QED) is 0.547. The van der Waals surface area contributed by atoms with Gasteiger partial charge in [0.1, 0.15) is 0 Å². The fourth-order valence-corrected chi connectivity index (χ4v) is 1.91. The van der Waals surface area contributed by atoms with Gasteiger partial charge in [0, 0.05) is 12.8 Å². The summed E-state index contributed by atoms with van der Waals surface area (Å²) in [4.78, 5) is 0. The molecule has 1 fully saturated rings. The smallest absolute Gasteiger partial charge is 0.165 e. The Labute approximate surface area is 67.0 Å². The van der Waals surface area contributed by atoms with Crippen LogP contribution >= 0.6 is 0 Å². The Morgan fingerprint density at radius 2 is 1.91 bits per heavy atom. The SMILES string of the molecule is CC1C[C@@](C)(O)CC(C)(O)O1. The summed E-state index contributed by atoms with van der Waals surface area (Å²) in [5.74, 6) is -1.17. The van der Waals surface area contributed by atoms with Gasteiger partial charge in [-0.1, -0.05) is 0 Å². The van der Waals surface area contributed by atoms with E-state index >= 15 is 0 Å². The molecule has 2 unspecified atom stereocenters. The first-order valence-corrected chi connectivity index (χ1v) is 3.93. The van der Waals surface area contributed by atoms with Crippen molar-refractivity contribution in [1.29, 1.82) is 0 Å². The van der Waals surface area contributed by atoms with E-state index in [0.717, 1.165) is 0 Å². The van der Waals surface area contributed by atoms with Crippen molar-refractivity contribution in [3.05, 3.63) is 0 Å². The maximum absolute atomic E-state index is 9.64. The molecule has 1 heterocycles. The fourth-order valence-electron chi connectivity index (χ4n) is 1.91. The number of hydrogen-bond acceptors (Lipinski definition) is 3. The molecule has 1 aliphatic heterocycles. The topological polar surface area (TPSA) is 49.7 Å². The Balaban J connectivity index is 2.66. The molecule has 0 aromatic carbocycles. The largest absolute Gasteiger partial charge is 0.390 e. The molecule has 0 spiro atoms. The summed E-state index contributed by atoms with van der Waals surface area (Å²) < 4.78 is 5.20. The monoisotopic (exact) mass is 160 g/mol. The van der Waals surface area contributed by atoms with Crippen LogP contribution in [0, 0.1) is 0 Å². The second-order valence-electron chi connectivity index (χ2n) is 3.98. The van der Waals surface area contributed by atoms with Gasteiger partial charge in [0.2, 0.25) is 0 Å². The van der Waals surface area contributed by atoms with E-state index in [1.165, 1.54) is 0 Å². The predicted octanol–water partition coefficient (Wildman–Crippen LogP) is 0.645. The lowest BCUT2D eigenvalue weighted by atomic mass is 9.88. The second kappa shape index (κ2) is 2.44. The van der Waals surface area contributed by atoms with Gasteiger partial charge >= 0.3 is 0 Å². The number of rotatable bonds is 0. The molecule has 0 aromatic rings. The molecule has 0 amide bonds. The summed E-state index contributed by atoms with van der Waals surface area (Å²) in [6.07, 6.45) is 0.793. The summed E-state index contributed by atoms with van der Waals surface area (Å²) in [6, 6.07) is 0. The lowest BCUT2D eigenvalue weighted by Gasteiger charge is -2.41. The highest BCUT2D eigenvalue weighted by Gasteiger charge is 2.40. The standard InChI is InChI=1S/C8H16O3/c1-6-4-7(2,9)5-8(3,10)11-6/h6,9-10H,4-5H2,1-3H3/t6?,7-,8?/m1/s1. The summed E-state index contributed by atoms with van der Waals surface area (Å²) in [5, 5.41) is 19.1. The summed E-state index contributed by atoms with van der Waals surface area (Å²) in [5.41, 5.74) is -0.791. The van der Waals surface area contributed by atoms with Crippen LogP contribution in [0.5, 0.6) is 0 Å². The van der Waals surface area contributed by atoms with Crippen LogP contribution in [-0.4, -0.2) is 27.7 Å². The highest BCUT2D eigenvalue weighted by molar-refractivity contribution is 4.86. The third-order valence-electron chi connectivity index (χ3n) is 1.89. The fraction of sp³-hybridized carbons (Fsp3) is 1.00. The summed E-state index contributed by atoms with van der Waals surface area (Å²) in [6.45, 7) is 5.15. The van der Waals surface area contributed by atoms with Gasteiger partial charge in [-0.15, -0.1) is 0 Å². The average Bonchev–Trinajstić information content (AvgIpc) is 1.49. The van der Waals surface area contributed by atoms with Gasteiger partial charge in [0.25, 0.3) is 0 Å². The first kappa shape index (κ1) is 8.97. The molecule has 11 heavy (non-hydrogen) atoms. The Hall–Kier alpha value is -0.120. The van der Waals surface area contributed by atoms with Crippen molar-refractivity contribution in [1.82, 2.24) is 0 Å². The molecular formula is C8H16O3. The van der Waals surface area contributed by atoms with Gasteiger partial charge in [-0.05, 0) is 20.8 Å². The van der Waals surface area contributed by atoms with Crippen LogP contribution in [0.1, 0.15) is 33.6 Å². The minimum atomic E-state index is -1.17. The minimum absolute atomic E-state index is 0.0752. The predicted molar refractivity (Wildman–Crippen MR) is 41.0 cm³/mol. The van der Waals surface area contributed by atoms with E-state index in [1.54, 1.807) is 13.8 Å². The van der Waals surface area contributed by atoms with Crippen LogP contribution in [0.3, 0.4) is 0 Å². The molecule has 0 aromatic heterocycles. The lowest BCUT2D eigenvalue weighted by Crippen LogP contribution is -2.48. The van der Waals surface area contributed by atoms with E-state index in [0.29, 0.717) is 6.42 Å². The van der Waals surface area contributed by atoms with Crippen molar-refractivity contribution >= 4 is 0 Å². The van der Waals surface area contributed by atoms with Crippen molar-refractivity contribution in [3.63, 3.8) is 0 Å². The molecule has 1 saturated heterocycles. The molecule has 0 aliphatic carbocycles. The first-order chi connectivity index (χ1) is 4.81. The molecule has 0 bridgehead atoms. The maximum Gasteiger partial charge on any atom is 0.165 e. The Kier molecular flexibility index (Phi) is 1.99. The van der Waals surface area contributed by atoms with Gasteiger partial charge < -0.3 is 14.9 Å². The Bertz CT molecular complexity index is 135. The molecule has 1 aliphatic rings. The minimum Gasteiger partial charge on any atom is -0.390 e. The van der Waals surface area contributed by atoms with Gasteiger partial charge in [0.15, 0.2) is 5.79 Å². The first-order valence-electron chi connectivity index (χ1n) is 3.93. The van der Waals surface area contributed by atoms with Gasteiger partial charge in [-0.25, -0.2) is 0 Å². The highest BCUT2D eigenvalue weighted by Crippen LogP contribution is 2.33. The molecule has 1 rings (SSSR count). The van der Waals surface area contributed by atoms with E-state index < -0.39 is 11.4 Å². The lowest BCUT2D eigenvalue weighted by molar-refractivity contribution is -0.275. The van der Waals surface area contributed by atoms with Gasteiger partial charge in [-0.2, -0.15) is 0 Å². The third kappa shape index (κ3) is 2.43. The summed E-state index contributed by atoms with van der Waals surface area (Å²) >= 11 is 0. The van der Waals surface area contributed by atoms with E-state index in [1.807, 2.05) is 6.92 Å². The number of ether oxygens (including phenoxy) is 1. The van der Waals surface area contributed by atoms with Gasteiger partial charge in [-0.3, -0.25) is 0 Å². The van der Waals surface area contributed by atoms with E-state index in [-0.39, 0.29) is 12.5 Å². The number of aliphatic hydroxyl groups is 2. The average molecular weight is 160 g/mol. The molecule has 66 valence electrons. The van der Waals surface area contributed by atoms with Crippen LogP contribution in [0.4, 0.5) is 0 Å².